The van der Waals surface area contributed by atoms with Crippen LogP contribution in [0.3, 0.4) is 0 Å². The topological polar surface area (TPSA) is 41.1 Å². The molecule has 120 valence electrons. The number of rotatable bonds is 3. The van der Waals surface area contributed by atoms with Crippen molar-refractivity contribution >= 4 is 30.1 Å². The molecule has 5 rings (SSSR count). The van der Waals surface area contributed by atoms with Crippen LogP contribution in [0.5, 0.6) is 0 Å². The van der Waals surface area contributed by atoms with Crippen LogP contribution in [0.4, 0.5) is 0 Å². The number of amides is 1. The Balaban J connectivity index is 0.00000132. The first-order valence-corrected chi connectivity index (χ1v) is 9.48. The summed E-state index contributed by atoms with van der Waals surface area (Å²) < 4.78 is 0. The molecule has 1 heterocycles. The molecular formula is C16H27ClN2OS. The first kappa shape index (κ1) is 15.9. The Morgan fingerprint density at radius 2 is 1.76 bits per heavy atom. The largest absolute Gasteiger partial charge is 0.351 e. The van der Waals surface area contributed by atoms with Gasteiger partial charge in [-0.05, 0) is 56.3 Å². The molecule has 0 aromatic carbocycles. The average Bonchev–Trinajstić information content (AvgIpc) is 2.37. The predicted octanol–water partition coefficient (Wildman–Crippen LogP) is 2.59. The monoisotopic (exact) mass is 330 g/mol. The Morgan fingerprint density at radius 3 is 2.29 bits per heavy atom. The van der Waals surface area contributed by atoms with Crippen LogP contribution < -0.4 is 10.6 Å². The maximum Gasteiger partial charge on any atom is 0.222 e. The number of nitrogens with one attached hydrogen (secondary N) is 2. The van der Waals surface area contributed by atoms with Gasteiger partial charge in [-0.1, -0.05) is 0 Å². The molecule has 3 nitrogen and oxygen atoms in total. The van der Waals surface area contributed by atoms with Gasteiger partial charge < -0.3 is 10.6 Å². The zero-order valence-corrected chi connectivity index (χ0v) is 14.2. The third-order valence-corrected chi connectivity index (χ3v) is 7.00. The summed E-state index contributed by atoms with van der Waals surface area (Å²) in [6, 6.07) is 0.391. The number of hydrogen-bond donors (Lipinski definition) is 2. The SMILES string of the molecule is Cl.O=C(CC1CSCCN1)NC12CC3CC(CC(C3)C1)C2. The fourth-order valence-electron chi connectivity index (χ4n) is 5.59. The van der Waals surface area contributed by atoms with Gasteiger partial charge in [-0.2, -0.15) is 11.8 Å². The lowest BCUT2D eigenvalue weighted by molar-refractivity contribution is -0.127. The van der Waals surface area contributed by atoms with E-state index in [1.807, 2.05) is 11.8 Å². The number of thioether (sulfide) groups is 1. The Hall–Kier alpha value is 0.0700. The van der Waals surface area contributed by atoms with Crippen molar-refractivity contribution in [2.75, 3.05) is 18.1 Å². The van der Waals surface area contributed by atoms with E-state index >= 15 is 0 Å². The number of carbonyl (C=O) groups excluding carboxylic acids is 1. The second kappa shape index (κ2) is 6.29. The lowest BCUT2D eigenvalue weighted by atomic mass is 9.53. The van der Waals surface area contributed by atoms with E-state index in [9.17, 15) is 4.79 Å². The van der Waals surface area contributed by atoms with E-state index in [1.165, 1.54) is 44.3 Å². The van der Waals surface area contributed by atoms with Gasteiger partial charge in [0, 0.05) is 36.1 Å². The van der Waals surface area contributed by atoms with Gasteiger partial charge in [-0.3, -0.25) is 4.79 Å². The summed E-state index contributed by atoms with van der Waals surface area (Å²) in [4.78, 5) is 12.4. The molecule has 5 heteroatoms. The molecule has 4 aliphatic carbocycles. The highest BCUT2D eigenvalue weighted by Gasteiger charge is 2.51. The fraction of sp³-hybridized carbons (Fsp3) is 0.938. The van der Waals surface area contributed by atoms with Crippen molar-refractivity contribution < 1.29 is 4.79 Å². The van der Waals surface area contributed by atoms with Crippen LogP contribution in [0.2, 0.25) is 0 Å². The van der Waals surface area contributed by atoms with Gasteiger partial charge >= 0.3 is 0 Å². The van der Waals surface area contributed by atoms with E-state index in [0.717, 1.165) is 30.1 Å². The molecule has 1 atom stereocenters. The zero-order valence-electron chi connectivity index (χ0n) is 12.6. The van der Waals surface area contributed by atoms with E-state index in [0.29, 0.717) is 18.4 Å². The van der Waals surface area contributed by atoms with Crippen molar-refractivity contribution in [3.05, 3.63) is 0 Å². The molecule has 0 radical (unpaired) electrons. The second-order valence-electron chi connectivity index (χ2n) is 7.68. The van der Waals surface area contributed by atoms with Gasteiger partial charge in [0.15, 0.2) is 0 Å². The molecule has 21 heavy (non-hydrogen) atoms. The van der Waals surface area contributed by atoms with Crippen LogP contribution in [0, 0.1) is 17.8 Å². The number of carbonyl (C=O) groups is 1. The molecule has 1 saturated heterocycles. The maximum absolute atomic E-state index is 12.4. The Morgan fingerprint density at radius 1 is 1.14 bits per heavy atom. The zero-order chi connectivity index (χ0) is 13.6. The van der Waals surface area contributed by atoms with Crippen LogP contribution in [0.15, 0.2) is 0 Å². The van der Waals surface area contributed by atoms with Gasteiger partial charge in [-0.25, -0.2) is 0 Å². The van der Waals surface area contributed by atoms with Crippen LogP contribution in [0.25, 0.3) is 0 Å². The van der Waals surface area contributed by atoms with E-state index < -0.39 is 0 Å². The molecule has 0 spiro atoms. The number of halogens is 1. The predicted molar refractivity (Wildman–Crippen MR) is 90.0 cm³/mol. The molecule has 0 aromatic rings. The van der Waals surface area contributed by atoms with Crippen LogP contribution in [-0.4, -0.2) is 35.5 Å². The minimum Gasteiger partial charge on any atom is -0.351 e. The Bertz CT molecular complexity index is 362. The van der Waals surface area contributed by atoms with E-state index in [4.69, 9.17) is 0 Å². The van der Waals surface area contributed by atoms with Crippen molar-refractivity contribution in [3.63, 3.8) is 0 Å². The van der Waals surface area contributed by atoms with Crippen molar-refractivity contribution in [1.82, 2.24) is 10.6 Å². The summed E-state index contributed by atoms with van der Waals surface area (Å²) in [5.41, 5.74) is 0.188. The molecule has 1 amide bonds. The summed E-state index contributed by atoms with van der Waals surface area (Å²) >= 11 is 1.97. The van der Waals surface area contributed by atoms with E-state index in [1.54, 1.807) is 0 Å². The molecule has 0 aromatic heterocycles. The van der Waals surface area contributed by atoms with Gasteiger partial charge in [0.2, 0.25) is 5.91 Å². The lowest BCUT2D eigenvalue weighted by Gasteiger charge is -2.57. The molecule has 1 aliphatic heterocycles. The normalized spacial score (nSPS) is 44.2. The van der Waals surface area contributed by atoms with Crippen LogP contribution in [0.1, 0.15) is 44.9 Å². The van der Waals surface area contributed by atoms with Crippen LogP contribution >= 0.6 is 24.2 Å². The van der Waals surface area contributed by atoms with Crippen molar-refractivity contribution in [2.45, 2.75) is 56.5 Å². The maximum atomic E-state index is 12.4. The summed E-state index contributed by atoms with van der Waals surface area (Å²) in [5.74, 6) is 5.30. The molecular weight excluding hydrogens is 304 g/mol. The van der Waals surface area contributed by atoms with Crippen molar-refractivity contribution in [3.8, 4) is 0 Å². The van der Waals surface area contributed by atoms with Crippen molar-refractivity contribution in [2.24, 2.45) is 17.8 Å². The van der Waals surface area contributed by atoms with Gasteiger partial charge in [0.25, 0.3) is 0 Å². The van der Waals surface area contributed by atoms with Crippen LogP contribution in [-0.2, 0) is 4.79 Å². The van der Waals surface area contributed by atoms with E-state index in [-0.39, 0.29) is 17.9 Å². The summed E-state index contributed by atoms with van der Waals surface area (Å²) in [5, 5.41) is 6.96. The third-order valence-electron chi connectivity index (χ3n) is 5.87. The summed E-state index contributed by atoms with van der Waals surface area (Å²) in [6.07, 6.45) is 8.78. The Kier molecular flexibility index (Phi) is 4.77. The highest BCUT2D eigenvalue weighted by molar-refractivity contribution is 7.99. The van der Waals surface area contributed by atoms with E-state index in [2.05, 4.69) is 10.6 Å². The molecule has 4 bridgehead atoms. The smallest absolute Gasteiger partial charge is 0.222 e. The lowest BCUT2D eigenvalue weighted by Crippen LogP contribution is -2.60. The fourth-order valence-corrected chi connectivity index (χ4v) is 6.53. The van der Waals surface area contributed by atoms with Gasteiger partial charge in [-0.15, -0.1) is 12.4 Å². The molecule has 2 N–H and O–H groups in total. The number of hydrogen-bond acceptors (Lipinski definition) is 3. The quantitative estimate of drug-likeness (QED) is 0.835. The Labute approximate surface area is 138 Å². The third kappa shape index (κ3) is 3.37. The molecule has 5 aliphatic rings. The van der Waals surface area contributed by atoms with Crippen molar-refractivity contribution in [1.29, 1.82) is 0 Å². The summed E-state index contributed by atoms with van der Waals surface area (Å²) in [7, 11) is 0. The first-order valence-electron chi connectivity index (χ1n) is 8.33. The van der Waals surface area contributed by atoms with Gasteiger partial charge in [0.05, 0.1) is 0 Å². The minimum absolute atomic E-state index is 0. The summed E-state index contributed by atoms with van der Waals surface area (Å²) in [6.45, 7) is 1.06. The second-order valence-corrected chi connectivity index (χ2v) is 8.83. The average molecular weight is 331 g/mol. The minimum atomic E-state index is 0. The molecule has 5 fully saturated rings. The standard InChI is InChI=1S/C16H26N2OS.ClH/c19-15(6-14-10-20-2-1-17-14)18-16-7-11-3-12(8-16)5-13(4-11)9-16;/h11-14,17H,1-10H2,(H,18,19);1H. The molecule has 4 saturated carbocycles. The van der Waals surface area contributed by atoms with Gasteiger partial charge in [0.1, 0.15) is 0 Å². The first-order chi connectivity index (χ1) is 9.71. The highest BCUT2D eigenvalue weighted by atomic mass is 35.5. The highest BCUT2D eigenvalue weighted by Crippen LogP contribution is 2.55. The molecule has 1 unspecified atom stereocenters.